The van der Waals surface area contributed by atoms with E-state index in [0.717, 1.165) is 6.92 Å². The van der Waals surface area contributed by atoms with Crippen LogP contribution in [0.5, 0.6) is 0 Å². The number of rotatable bonds is 3. The Bertz CT molecular complexity index is 547. The fraction of sp³-hybridized carbons (Fsp3) is 0.750. The lowest BCUT2D eigenvalue weighted by Gasteiger charge is -2.24. The average Bonchev–Trinajstić information content (AvgIpc) is 3.02. The number of allylic oxidation sites excluding steroid dienone is 2. The third-order valence-corrected chi connectivity index (χ3v) is 3.70. The summed E-state index contributed by atoms with van der Waals surface area (Å²) in [5.41, 5.74) is -8.67. The van der Waals surface area contributed by atoms with Gasteiger partial charge in [-0.05, 0) is 6.92 Å². The van der Waals surface area contributed by atoms with E-state index in [0.29, 0.717) is 0 Å². The van der Waals surface area contributed by atoms with Crippen LogP contribution in [0, 0.1) is 17.3 Å². The zero-order valence-electron chi connectivity index (χ0n) is 12.3. The van der Waals surface area contributed by atoms with E-state index in [2.05, 4.69) is 4.74 Å². The molecule has 1 rings (SSSR count). The van der Waals surface area contributed by atoms with Gasteiger partial charge in [0.05, 0.1) is 12.5 Å². The summed E-state index contributed by atoms with van der Waals surface area (Å²) in [4.78, 5) is 11.4. The Labute approximate surface area is 136 Å². The van der Waals surface area contributed by atoms with Crippen molar-refractivity contribution in [2.45, 2.75) is 31.6 Å². The number of ether oxygens (including phenoxy) is 1. The summed E-state index contributed by atoms with van der Waals surface area (Å²) in [5.74, 6) is -8.99. The number of hydrogen-bond acceptors (Lipinski definition) is 2. The van der Waals surface area contributed by atoms with Crippen LogP contribution in [-0.4, -0.2) is 37.3 Å². The minimum Gasteiger partial charge on any atom is -0.466 e. The first-order valence-corrected chi connectivity index (χ1v) is 6.49. The van der Waals surface area contributed by atoms with Crippen LogP contribution in [0.25, 0.3) is 0 Å². The quantitative estimate of drug-likeness (QED) is 0.372. The second-order valence-electron chi connectivity index (χ2n) is 5.20. The standard InChI is InChI=1S/C12H8F12O2/c1-2-26-7(25)6-4(3-5(9(13,14)15)10(16,17)18)8(6,11(19,20)21)12(22,23)24/h3-4,6H,2H2,1H3/t4-,6+/m1/s1. The van der Waals surface area contributed by atoms with Crippen molar-refractivity contribution in [2.24, 2.45) is 17.3 Å². The van der Waals surface area contributed by atoms with Gasteiger partial charge in [-0.2, -0.15) is 52.7 Å². The Morgan fingerprint density at radius 3 is 1.54 bits per heavy atom. The third kappa shape index (κ3) is 3.59. The van der Waals surface area contributed by atoms with Crippen LogP contribution >= 0.6 is 0 Å². The SMILES string of the molecule is CCOC(=O)[C@@H]1[C@@H](C=C(C(F)(F)F)C(F)(F)F)C1(C(F)(F)F)C(F)(F)F. The van der Waals surface area contributed by atoms with Gasteiger partial charge in [-0.15, -0.1) is 0 Å². The number of alkyl halides is 12. The molecule has 0 aromatic heterocycles. The van der Waals surface area contributed by atoms with E-state index < -0.39 is 66.2 Å². The van der Waals surface area contributed by atoms with E-state index in [9.17, 15) is 57.5 Å². The molecule has 0 heterocycles. The highest BCUT2D eigenvalue weighted by Gasteiger charge is 2.91. The van der Waals surface area contributed by atoms with Gasteiger partial charge in [0.15, 0.2) is 5.41 Å². The van der Waals surface area contributed by atoms with Crippen molar-refractivity contribution >= 4 is 5.97 Å². The van der Waals surface area contributed by atoms with Gasteiger partial charge in [-0.1, -0.05) is 6.08 Å². The fourth-order valence-corrected chi connectivity index (χ4v) is 2.63. The second kappa shape index (κ2) is 6.22. The lowest BCUT2D eigenvalue weighted by molar-refractivity contribution is -0.308. The minimum atomic E-state index is -6.36. The molecule has 0 aromatic carbocycles. The molecule has 1 aliphatic rings. The number of halogens is 12. The van der Waals surface area contributed by atoms with Crippen LogP contribution in [0.4, 0.5) is 52.7 Å². The zero-order chi connectivity index (χ0) is 20.9. The monoisotopic (exact) mass is 412 g/mol. The Balaban J connectivity index is 3.64. The first-order valence-electron chi connectivity index (χ1n) is 6.49. The van der Waals surface area contributed by atoms with Crippen molar-refractivity contribution in [3.63, 3.8) is 0 Å². The molecule has 0 spiro atoms. The maximum absolute atomic E-state index is 13.0. The molecule has 0 bridgehead atoms. The van der Waals surface area contributed by atoms with E-state index in [1.165, 1.54) is 0 Å². The van der Waals surface area contributed by atoms with E-state index in [1.807, 2.05) is 0 Å². The van der Waals surface area contributed by atoms with Crippen LogP contribution in [0.3, 0.4) is 0 Å². The molecule has 0 amide bonds. The first-order chi connectivity index (χ1) is 11.3. The lowest BCUT2D eigenvalue weighted by atomic mass is 9.99. The number of carbonyl (C=O) groups is 1. The lowest BCUT2D eigenvalue weighted by Crippen LogP contribution is -2.43. The van der Waals surface area contributed by atoms with Gasteiger partial charge in [-0.3, -0.25) is 4.79 Å². The van der Waals surface area contributed by atoms with Gasteiger partial charge in [0.2, 0.25) is 0 Å². The molecule has 0 saturated heterocycles. The molecule has 2 nitrogen and oxygen atoms in total. The van der Waals surface area contributed by atoms with E-state index in [1.54, 1.807) is 0 Å². The smallest absolute Gasteiger partial charge is 0.421 e. The summed E-state index contributed by atoms with van der Waals surface area (Å²) in [6.07, 6.45) is -26.5. The highest BCUT2D eigenvalue weighted by atomic mass is 19.4. The molecule has 0 N–H and O–H groups in total. The summed E-state index contributed by atoms with van der Waals surface area (Å²) < 4.78 is 157. The summed E-state index contributed by atoms with van der Waals surface area (Å²) in [5, 5.41) is 0. The Hall–Kier alpha value is -1.63. The number of carbonyl (C=O) groups excluding carboxylic acids is 1. The van der Waals surface area contributed by atoms with Crippen LogP contribution in [0.2, 0.25) is 0 Å². The zero-order valence-corrected chi connectivity index (χ0v) is 12.3. The molecule has 0 unspecified atom stereocenters. The number of esters is 1. The Kier molecular flexibility index (Phi) is 5.36. The molecule has 14 heteroatoms. The highest BCUT2D eigenvalue weighted by Crippen LogP contribution is 2.75. The van der Waals surface area contributed by atoms with E-state index in [4.69, 9.17) is 0 Å². The normalized spacial score (nSPS) is 23.4. The van der Waals surface area contributed by atoms with E-state index in [-0.39, 0.29) is 0 Å². The topological polar surface area (TPSA) is 26.3 Å². The Morgan fingerprint density at radius 2 is 1.27 bits per heavy atom. The van der Waals surface area contributed by atoms with Gasteiger partial charge < -0.3 is 4.74 Å². The largest absolute Gasteiger partial charge is 0.466 e. The Morgan fingerprint density at radius 1 is 0.885 bits per heavy atom. The highest BCUT2D eigenvalue weighted by molar-refractivity contribution is 5.79. The third-order valence-electron chi connectivity index (χ3n) is 3.70. The molecule has 1 aliphatic carbocycles. The van der Waals surface area contributed by atoms with Crippen molar-refractivity contribution in [3.05, 3.63) is 11.6 Å². The maximum atomic E-state index is 13.0. The van der Waals surface area contributed by atoms with Crippen molar-refractivity contribution in [3.8, 4) is 0 Å². The van der Waals surface area contributed by atoms with Gasteiger partial charge in [-0.25, -0.2) is 0 Å². The molecule has 0 aromatic rings. The van der Waals surface area contributed by atoms with E-state index >= 15 is 0 Å². The average molecular weight is 412 g/mol. The van der Waals surface area contributed by atoms with Crippen molar-refractivity contribution in [1.82, 2.24) is 0 Å². The predicted octanol–water partition coefficient (Wildman–Crippen LogP) is 4.96. The van der Waals surface area contributed by atoms with Crippen LogP contribution < -0.4 is 0 Å². The maximum Gasteiger partial charge on any atom is 0.421 e. The summed E-state index contributed by atoms with van der Waals surface area (Å²) in [6, 6.07) is 0. The number of hydrogen-bond donors (Lipinski definition) is 0. The molecular formula is C12H8F12O2. The van der Waals surface area contributed by atoms with Gasteiger partial charge in [0.1, 0.15) is 5.57 Å². The first kappa shape index (κ1) is 22.4. The van der Waals surface area contributed by atoms with Gasteiger partial charge >= 0.3 is 30.7 Å². The van der Waals surface area contributed by atoms with Crippen molar-refractivity contribution in [2.75, 3.05) is 6.61 Å². The molecule has 1 saturated carbocycles. The van der Waals surface area contributed by atoms with Gasteiger partial charge in [0.25, 0.3) is 0 Å². The van der Waals surface area contributed by atoms with Crippen LogP contribution in [0.15, 0.2) is 11.6 Å². The molecule has 1 fully saturated rings. The molecular weight excluding hydrogens is 404 g/mol. The molecule has 152 valence electrons. The summed E-state index contributed by atoms with van der Waals surface area (Å²) in [6.45, 7) is 0.244. The summed E-state index contributed by atoms with van der Waals surface area (Å²) in [7, 11) is 0. The summed E-state index contributed by atoms with van der Waals surface area (Å²) >= 11 is 0. The fourth-order valence-electron chi connectivity index (χ4n) is 2.63. The van der Waals surface area contributed by atoms with Crippen LogP contribution in [0.1, 0.15) is 6.92 Å². The second-order valence-corrected chi connectivity index (χ2v) is 5.20. The predicted molar refractivity (Wildman–Crippen MR) is 58.3 cm³/mol. The molecule has 0 radical (unpaired) electrons. The van der Waals surface area contributed by atoms with Gasteiger partial charge in [0, 0.05) is 5.92 Å². The molecule has 26 heavy (non-hydrogen) atoms. The van der Waals surface area contributed by atoms with Crippen molar-refractivity contribution < 1.29 is 62.2 Å². The molecule has 2 atom stereocenters. The minimum absolute atomic E-state index is 0.733. The molecule has 0 aliphatic heterocycles. The van der Waals surface area contributed by atoms with Crippen LogP contribution in [-0.2, 0) is 9.53 Å². The van der Waals surface area contributed by atoms with Crippen molar-refractivity contribution in [1.29, 1.82) is 0 Å².